The molecular weight excluding hydrogens is 346 g/mol. The molecule has 0 spiro atoms. The summed E-state index contributed by atoms with van der Waals surface area (Å²) in [4.78, 5) is 27.1. The highest BCUT2D eigenvalue weighted by Crippen LogP contribution is 2.28. The molecular formula is C16H18ClN5O3. The molecule has 3 heterocycles. The number of rotatable bonds is 5. The maximum Gasteiger partial charge on any atom is 0.345 e. The standard InChI is InChI=1S/C16H18ClN5O3/c1-2-25-15(23)12-13(17)20-16(22-6-8-24-9-7-22)21-14(12)19-11-4-3-5-18-10-11/h3-5,10H,2,6-9H2,1H3,(H,19,20,21). The average Bonchev–Trinajstić information content (AvgIpc) is 2.63. The number of aromatic nitrogens is 3. The van der Waals surface area contributed by atoms with Gasteiger partial charge < -0.3 is 19.7 Å². The average molecular weight is 364 g/mol. The zero-order valence-electron chi connectivity index (χ0n) is 13.7. The molecule has 1 aliphatic rings. The lowest BCUT2D eigenvalue weighted by Crippen LogP contribution is -2.37. The molecule has 0 atom stereocenters. The van der Waals surface area contributed by atoms with Crippen LogP contribution < -0.4 is 10.2 Å². The van der Waals surface area contributed by atoms with E-state index < -0.39 is 5.97 Å². The summed E-state index contributed by atoms with van der Waals surface area (Å²) >= 11 is 6.29. The zero-order valence-corrected chi connectivity index (χ0v) is 14.5. The van der Waals surface area contributed by atoms with Crippen LogP contribution >= 0.6 is 11.6 Å². The van der Waals surface area contributed by atoms with E-state index in [2.05, 4.69) is 20.3 Å². The van der Waals surface area contributed by atoms with Gasteiger partial charge in [0.15, 0.2) is 11.0 Å². The largest absolute Gasteiger partial charge is 0.462 e. The molecule has 9 heteroatoms. The fourth-order valence-electron chi connectivity index (χ4n) is 2.38. The van der Waals surface area contributed by atoms with Gasteiger partial charge in [0, 0.05) is 19.3 Å². The van der Waals surface area contributed by atoms with Crippen molar-refractivity contribution in [1.82, 2.24) is 15.0 Å². The highest BCUT2D eigenvalue weighted by Gasteiger charge is 2.24. The third kappa shape index (κ3) is 4.15. The fourth-order valence-corrected chi connectivity index (χ4v) is 2.62. The topological polar surface area (TPSA) is 89.5 Å². The minimum Gasteiger partial charge on any atom is -0.462 e. The van der Waals surface area contributed by atoms with Gasteiger partial charge in [0.25, 0.3) is 0 Å². The van der Waals surface area contributed by atoms with Crippen LogP contribution in [0.2, 0.25) is 5.15 Å². The van der Waals surface area contributed by atoms with Gasteiger partial charge in [-0.05, 0) is 19.1 Å². The molecule has 0 saturated carbocycles. The van der Waals surface area contributed by atoms with E-state index in [0.717, 1.165) is 0 Å². The zero-order chi connectivity index (χ0) is 17.6. The van der Waals surface area contributed by atoms with E-state index in [9.17, 15) is 4.79 Å². The summed E-state index contributed by atoms with van der Waals surface area (Å²) in [6.45, 7) is 4.44. The van der Waals surface area contributed by atoms with Gasteiger partial charge in [0.05, 0.1) is 31.7 Å². The number of pyridine rings is 1. The summed E-state index contributed by atoms with van der Waals surface area (Å²) in [6.07, 6.45) is 3.28. The minimum absolute atomic E-state index is 0.0429. The first-order valence-electron chi connectivity index (χ1n) is 7.93. The van der Waals surface area contributed by atoms with Gasteiger partial charge in [-0.3, -0.25) is 4.98 Å². The third-order valence-electron chi connectivity index (χ3n) is 3.55. The quantitative estimate of drug-likeness (QED) is 0.639. The molecule has 0 radical (unpaired) electrons. The van der Waals surface area contributed by atoms with E-state index in [1.165, 1.54) is 0 Å². The van der Waals surface area contributed by atoms with Crippen LogP contribution in [0.5, 0.6) is 0 Å². The Labute approximate surface area is 150 Å². The molecule has 2 aromatic heterocycles. The van der Waals surface area contributed by atoms with Gasteiger partial charge in [-0.2, -0.15) is 9.97 Å². The lowest BCUT2D eigenvalue weighted by molar-refractivity contribution is 0.0527. The monoisotopic (exact) mass is 363 g/mol. The van der Waals surface area contributed by atoms with Gasteiger partial charge in [-0.1, -0.05) is 11.6 Å². The third-order valence-corrected chi connectivity index (χ3v) is 3.82. The van der Waals surface area contributed by atoms with E-state index in [-0.39, 0.29) is 23.1 Å². The van der Waals surface area contributed by atoms with Crippen LogP contribution in [-0.4, -0.2) is 53.8 Å². The number of hydrogen-bond donors (Lipinski definition) is 1. The number of anilines is 3. The van der Waals surface area contributed by atoms with Gasteiger partial charge >= 0.3 is 5.97 Å². The molecule has 1 saturated heterocycles. The minimum atomic E-state index is -0.576. The van der Waals surface area contributed by atoms with Crippen LogP contribution in [0, 0.1) is 0 Å². The number of nitrogens with one attached hydrogen (secondary N) is 1. The van der Waals surface area contributed by atoms with E-state index in [0.29, 0.717) is 37.9 Å². The molecule has 0 amide bonds. The first kappa shape index (κ1) is 17.4. The number of carbonyl (C=O) groups is 1. The maximum absolute atomic E-state index is 12.3. The Hall–Kier alpha value is -2.45. The summed E-state index contributed by atoms with van der Waals surface area (Å²) < 4.78 is 10.4. The molecule has 132 valence electrons. The van der Waals surface area contributed by atoms with Gasteiger partial charge in [0.2, 0.25) is 5.95 Å². The van der Waals surface area contributed by atoms with Crippen LogP contribution in [0.3, 0.4) is 0 Å². The second kappa shape index (κ2) is 8.09. The molecule has 1 aliphatic heterocycles. The Balaban J connectivity index is 1.99. The van der Waals surface area contributed by atoms with Crippen molar-refractivity contribution >= 4 is 35.0 Å². The predicted octanol–water partition coefficient (Wildman–Crippen LogP) is 2.28. The molecule has 0 aliphatic carbocycles. The molecule has 0 unspecified atom stereocenters. The lowest BCUT2D eigenvalue weighted by atomic mass is 10.3. The molecule has 0 aromatic carbocycles. The maximum atomic E-state index is 12.3. The van der Waals surface area contributed by atoms with Gasteiger partial charge in [-0.15, -0.1) is 0 Å². The van der Waals surface area contributed by atoms with Crippen LogP contribution in [0.4, 0.5) is 17.5 Å². The lowest BCUT2D eigenvalue weighted by Gasteiger charge is -2.27. The van der Waals surface area contributed by atoms with Crippen molar-refractivity contribution in [2.75, 3.05) is 43.1 Å². The summed E-state index contributed by atoms with van der Waals surface area (Å²) in [5.41, 5.74) is 0.778. The SMILES string of the molecule is CCOC(=O)c1c(Cl)nc(N2CCOCC2)nc1Nc1cccnc1. The van der Waals surface area contributed by atoms with Crippen LogP contribution in [0.1, 0.15) is 17.3 Å². The molecule has 3 rings (SSSR count). The van der Waals surface area contributed by atoms with E-state index in [1.54, 1.807) is 25.4 Å². The Kier molecular flexibility index (Phi) is 5.62. The number of ether oxygens (including phenoxy) is 2. The summed E-state index contributed by atoms with van der Waals surface area (Å²) in [7, 11) is 0. The Morgan fingerprint density at radius 3 is 2.88 bits per heavy atom. The number of morpholine rings is 1. The van der Waals surface area contributed by atoms with E-state index in [4.69, 9.17) is 21.1 Å². The van der Waals surface area contributed by atoms with Crippen LogP contribution in [0.15, 0.2) is 24.5 Å². The van der Waals surface area contributed by atoms with Crippen molar-refractivity contribution in [3.05, 3.63) is 35.2 Å². The van der Waals surface area contributed by atoms with Crippen molar-refractivity contribution in [3.8, 4) is 0 Å². The van der Waals surface area contributed by atoms with Crippen LogP contribution in [0.25, 0.3) is 0 Å². The molecule has 1 fully saturated rings. The molecule has 0 bridgehead atoms. The number of hydrogen-bond acceptors (Lipinski definition) is 8. The highest BCUT2D eigenvalue weighted by atomic mass is 35.5. The van der Waals surface area contributed by atoms with Gasteiger partial charge in [0.1, 0.15) is 5.56 Å². The number of carbonyl (C=O) groups excluding carboxylic acids is 1. The van der Waals surface area contributed by atoms with E-state index >= 15 is 0 Å². The van der Waals surface area contributed by atoms with Crippen molar-refractivity contribution in [2.24, 2.45) is 0 Å². The van der Waals surface area contributed by atoms with E-state index in [1.807, 2.05) is 11.0 Å². The summed E-state index contributed by atoms with van der Waals surface area (Å²) in [6, 6.07) is 3.59. The number of esters is 1. The second-order valence-corrected chi connectivity index (χ2v) is 5.58. The molecule has 25 heavy (non-hydrogen) atoms. The first-order valence-corrected chi connectivity index (χ1v) is 8.31. The second-order valence-electron chi connectivity index (χ2n) is 5.22. The number of nitrogens with zero attached hydrogens (tertiary/aromatic N) is 4. The van der Waals surface area contributed by atoms with Crippen molar-refractivity contribution in [1.29, 1.82) is 0 Å². The fraction of sp³-hybridized carbons (Fsp3) is 0.375. The smallest absolute Gasteiger partial charge is 0.345 e. The Morgan fingerprint density at radius 2 is 2.20 bits per heavy atom. The van der Waals surface area contributed by atoms with Crippen molar-refractivity contribution < 1.29 is 14.3 Å². The van der Waals surface area contributed by atoms with Crippen LogP contribution in [-0.2, 0) is 9.47 Å². The Bertz CT molecular complexity index is 738. The van der Waals surface area contributed by atoms with Crippen molar-refractivity contribution in [3.63, 3.8) is 0 Å². The molecule has 1 N–H and O–H groups in total. The van der Waals surface area contributed by atoms with Crippen molar-refractivity contribution in [2.45, 2.75) is 6.92 Å². The predicted molar refractivity (Wildman–Crippen MR) is 93.6 cm³/mol. The first-order chi connectivity index (χ1) is 12.2. The summed E-state index contributed by atoms with van der Waals surface area (Å²) in [5, 5.41) is 3.12. The molecule has 8 nitrogen and oxygen atoms in total. The molecule has 2 aromatic rings. The summed E-state index contributed by atoms with van der Waals surface area (Å²) in [5.74, 6) is 0.146. The normalized spacial score (nSPS) is 14.2. The highest BCUT2D eigenvalue weighted by molar-refractivity contribution is 6.33. The number of halogens is 1. The van der Waals surface area contributed by atoms with Gasteiger partial charge in [-0.25, -0.2) is 4.79 Å². The Morgan fingerprint density at radius 1 is 1.40 bits per heavy atom.